The first-order valence-corrected chi connectivity index (χ1v) is 11.5. The molecule has 1 aliphatic heterocycles. The predicted molar refractivity (Wildman–Crippen MR) is 123 cm³/mol. The van der Waals surface area contributed by atoms with E-state index in [1.807, 2.05) is 56.3 Å². The van der Waals surface area contributed by atoms with Crippen molar-refractivity contribution >= 4 is 11.8 Å². The number of ether oxygens (including phenoxy) is 1. The molecule has 1 saturated heterocycles. The summed E-state index contributed by atoms with van der Waals surface area (Å²) in [4.78, 5) is 31.9. The van der Waals surface area contributed by atoms with Crippen LogP contribution < -0.4 is 0 Å². The number of benzene rings is 1. The molecule has 32 heavy (non-hydrogen) atoms. The number of hydrogen-bond acceptors (Lipinski definition) is 5. The van der Waals surface area contributed by atoms with Gasteiger partial charge in [-0.15, -0.1) is 0 Å². The summed E-state index contributed by atoms with van der Waals surface area (Å²) >= 11 is 0. The van der Waals surface area contributed by atoms with Gasteiger partial charge < -0.3 is 19.0 Å². The minimum absolute atomic E-state index is 0.0302. The number of rotatable bonds is 11. The molecular weight excluding hydrogens is 406 g/mol. The Kier molecular flexibility index (Phi) is 9.31. The SMILES string of the molecule is CCCC(=O)N(CCN1CCOCC1)CC(=O)N(Cc1ccccc1)Cc1ccc(C)o1. The van der Waals surface area contributed by atoms with Crippen LogP contribution in [0.3, 0.4) is 0 Å². The van der Waals surface area contributed by atoms with Crippen molar-refractivity contribution < 1.29 is 18.7 Å². The van der Waals surface area contributed by atoms with Crippen LogP contribution in [-0.2, 0) is 27.4 Å². The fourth-order valence-corrected chi connectivity index (χ4v) is 3.81. The summed E-state index contributed by atoms with van der Waals surface area (Å²) in [6.07, 6.45) is 1.22. The van der Waals surface area contributed by atoms with Gasteiger partial charge in [0.15, 0.2) is 0 Å². The highest BCUT2D eigenvalue weighted by Crippen LogP contribution is 2.14. The van der Waals surface area contributed by atoms with Crippen LogP contribution >= 0.6 is 0 Å². The summed E-state index contributed by atoms with van der Waals surface area (Å²) in [5.41, 5.74) is 1.05. The minimum atomic E-state index is -0.0747. The van der Waals surface area contributed by atoms with Gasteiger partial charge in [0.25, 0.3) is 0 Å². The molecule has 7 nitrogen and oxygen atoms in total. The summed E-state index contributed by atoms with van der Waals surface area (Å²) in [6, 6.07) is 13.7. The summed E-state index contributed by atoms with van der Waals surface area (Å²) in [7, 11) is 0. The molecule has 174 valence electrons. The van der Waals surface area contributed by atoms with Gasteiger partial charge in [0, 0.05) is 39.1 Å². The van der Waals surface area contributed by atoms with Crippen LogP contribution in [0, 0.1) is 6.92 Å². The van der Waals surface area contributed by atoms with Gasteiger partial charge in [-0.25, -0.2) is 0 Å². The number of nitrogens with zero attached hydrogens (tertiary/aromatic N) is 3. The Morgan fingerprint density at radius 3 is 2.38 bits per heavy atom. The quantitative estimate of drug-likeness (QED) is 0.536. The summed E-state index contributed by atoms with van der Waals surface area (Å²) in [6.45, 7) is 9.26. The van der Waals surface area contributed by atoms with E-state index in [1.165, 1.54) is 0 Å². The average molecular weight is 442 g/mol. The molecule has 2 heterocycles. The molecule has 0 unspecified atom stereocenters. The average Bonchev–Trinajstić information content (AvgIpc) is 3.22. The van der Waals surface area contributed by atoms with E-state index in [4.69, 9.17) is 9.15 Å². The van der Waals surface area contributed by atoms with Crippen LogP contribution in [0.5, 0.6) is 0 Å². The maximum Gasteiger partial charge on any atom is 0.242 e. The Balaban J connectivity index is 1.69. The van der Waals surface area contributed by atoms with Crippen molar-refractivity contribution in [1.82, 2.24) is 14.7 Å². The van der Waals surface area contributed by atoms with Crippen molar-refractivity contribution in [1.29, 1.82) is 0 Å². The summed E-state index contributed by atoms with van der Waals surface area (Å²) < 4.78 is 11.1. The molecule has 1 aromatic heterocycles. The molecule has 0 aliphatic carbocycles. The first-order valence-electron chi connectivity index (χ1n) is 11.5. The van der Waals surface area contributed by atoms with Crippen LogP contribution in [0.4, 0.5) is 0 Å². The van der Waals surface area contributed by atoms with Gasteiger partial charge in [0.2, 0.25) is 11.8 Å². The molecule has 0 saturated carbocycles. The highest BCUT2D eigenvalue weighted by molar-refractivity contribution is 5.84. The third-order valence-corrected chi connectivity index (χ3v) is 5.64. The largest absolute Gasteiger partial charge is 0.464 e. The lowest BCUT2D eigenvalue weighted by atomic mass is 10.2. The van der Waals surface area contributed by atoms with Gasteiger partial charge in [-0.2, -0.15) is 0 Å². The van der Waals surface area contributed by atoms with Gasteiger partial charge in [-0.1, -0.05) is 37.3 Å². The number of carbonyl (C=O) groups excluding carboxylic acids is 2. The van der Waals surface area contributed by atoms with Gasteiger partial charge in [0.05, 0.1) is 26.3 Å². The van der Waals surface area contributed by atoms with E-state index < -0.39 is 0 Å². The van der Waals surface area contributed by atoms with E-state index in [0.29, 0.717) is 26.1 Å². The lowest BCUT2D eigenvalue weighted by Gasteiger charge is -2.31. The minimum Gasteiger partial charge on any atom is -0.464 e. The maximum atomic E-state index is 13.4. The normalized spacial score (nSPS) is 14.3. The van der Waals surface area contributed by atoms with Crippen LogP contribution in [0.2, 0.25) is 0 Å². The topological polar surface area (TPSA) is 66.2 Å². The number of morpholine rings is 1. The number of furan rings is 1. The zero-order chi connectivity index (χ0) is 22.8. The molecule has 2 amide bonds. The van der Waals surface area contributed by atoms with Gasteiger partial charge >= 0.3 is 0 Å². The first kappa shape index (κ1) is 24.0. The van der Waals surface area contributed by atoms with E-state index in [9.17, 15) is 9.59 Å². The molecule has 1 aromatic carbocycles. The Bertz CT molecular complexity index is 846. The molecule has 3 rings (SSSR count). The molecule has 0 atom stereocenters. The molecule has 7 heteroatoms. The number of amides is 2. The fraction of sp³-hybridized carbons (Fsp3) is 0.520. The molecular formula is C25H35N3O4. The fourth-order valence-electron chi connectivity index (χ4n) is 3.81. The Hall–Kier alpha value is -2.64. The smallest absolute Gasteiger partial charge is 0.242 e. The van der Waals surface area contributed by atoms with Crippen molar-refractivity contribution in [3.8, 4) is 0 Å². The van der Waals surface area contributed by atoms with Crippen molar-refractivity contribution in [3.63, 3.8) is 0 Å². The third-order valence-electron chi connectivity index (χ3n) is 5.64. The van der Waals surface area contributed by atoms with Gasteiger partial charge in [0.1, 0.15) is 11.5 Å². The molecule has 0 N–H and O–H groups in total. The lowest BCUT2D eigenvalue weighted by Crippen LogP contribution is -2.47. The van der Waals surface area contributed by atoms with Gasteiger partial charge in [-0.05, 0) is 31.0 Å². The number of hydrogen-bond donors (Lipinski definition) is 0. The van der Waals surface area contributed by atoms with E-state index in [1.54, 1.807) is 9.80 Å². The zero-order valence-electron chi connectivity index (χ0n) is 19.3. The van der Waals surface area contributed by atoms with E-state index >= 15 is 0 Å². The molecule has 0 bridgehead atoms. The standard InChI is InChI=1S/C25H35N3O4/c1-3-7-24(29)27(13-12-26-14-16-31-17-15-26)20-25(30)28(18-22-8-5-4-6-9-22)19-23-11-10-21(2)32-23/h4-6,8-11H,3,7,12-20H2,1-2H3. The molecule has 2 aromatic rings. The predicted octanol–water partition coefficient (Wildman–Crippen LogP) is 3.08. The van der Waals surface area contributed by atoms with E-state index in [2.05, 4.69) is 4.90 Å². The van der Waals surface area contributed by atoms with Crippen LogP contribution in [0.25, 0.3) is 0 Å². The second-order valence-corrected chi connectivity index (χ2v) is 8.27. The highest BCUT2D eigenvalue weighted by atomic mass is 16.5. The van der Waals surface area contributed by atoms with Crippen molar-refractivity contribution in [2.24, 2.45) is 0 Å². The van der Waals surface area contributed by atoms with Crippen molar-refractivity contribution in [3.05, 3.63) is 59.5 Å². The van der Waals surface area contributed by atoms with Gasteiger partial charge in [-0.3, -0.25) is 14.5 Å². The Morgan fingerprint density at radius 1 is 0.969 bits per heavy atom. The monoisotopic (exact) mass is 441 g/mol. The van der Waals surface area contributed by atoms with Crippen molar-refractivity contribution in [2.75, 3.05) is 45.9 Å². The van der Waals surface area contributed by atoms with Crippen LogP contribution in [-0.4, -0.2) is 72.5 Å². The lowest BCUT2D eigenvalue weighted by molar-refractivity contribution is -0.141. The Morgan fingerprint density at radius 2 is 1.72 bits per heavy atom. The molecule has 1 fully saturated rings. The molecule has 1 aliphatic rings. The second-order valence-electron chi connectivity index (χ2n) is 8.27. The van der Waals surface area contributed by atoms with E-state index in [0.717, 1.165) is 56.4 Å². The van der Waals surface area contributed by atoms with Crippen LogP contribution in [0.15, 0.2) is 46.9 Å². The zero-order valence-corrected chi connectivity index (χ0v) is 19.3. The summed E-state index contributed by atoms with van der Waals surface area (Å²) in [5.74, 6) is 1.51. The molecule has 0 radical (unpaired) electrons. The second kappa shape index (κ2) is 12.4. The van der Waals surface area contributed by atoms with Crippen LogP contribution in [0.1, 0.15) is 36.8 Å². The maximum absolute atomic E-state index is 13.4. The highest BCUT2D eigenvalue weighted by Gasteiger charge is 2.23. The molecule has 0 spiro atoms. The summed E-state index contributed by atoms with van der Waals surface area (Å²) in [5, 5.41) is 0. The third kappa shape index (κ3) is 7.50. The van der Waals surface area contributed by atoms with E-state index in [-0.39, 0.29) is 18.4 Å². The number of carbonyl (C=O) groups is 2. The number of aryl methyl sites for hydroxylation is 1. The first-order chi connectivity index (χ1) is 15.5. The Labute approximate surface area is 190 Å². The van der Waals surface area contributed by atoms with Crippen molar-refractivity contribution in [2.45, 2.75) is 39.8 Å².